The predicted molar refractivity (Wildman–Crippen MR) is 95.6 cm³/mol. The molecule has 0 radical (unpaired) electrons. The minimum atomic E-state index is -0.516. The summed E-state index contributed by atoms with van der Waals surface area (Å²) >= 11 is 0. The fourth-order valence-corrected chi connectivity index (χ4v) is 2.34. The summed E-state index contributed by atoms with van der Waals surface area (Å²) in [6.07, 6.45) is 0. The van der Waals surface area contributed by atoms with Gasteiger partial charge in [-0.2, -0.15) is 5.10 Å². The molecule has 0 saturated heterocycles. The van der Waals surface area contributed by atoms with Gasteiger partial charge < -0.3 is 5.32 Å². The van der Waals surface area contributed by atoms with E-state index in [1.54, 1.807) is 0 Å². The first-order valence-corrected chi connectivity index (χ1v) is 7.81. The van der Waals surface area contributed by atoms with Crippen LogP contribution in [0, 0.1) is 15.9 Å². The predicted octanol–water partition coefficient (Wildman–Crippen LogP) is 2.60. The van der Waals surface area contributed by atoms with Crippen molar-refractivity contribution < 1.29 is 14.1 Å². The number of carbonyl (C=O) groups is 1. The number of rotatable bonds is 5. The SMILES string of the molecule is O=C(Cn1nc(-c2ccc([N+](=O)[O-])cc2)ccc1=O)Nc1ccc(F)cc1. The highest BCUT2D eigenvalue weighted by molar-refractivity contribution is 5.90. The Kier molecular flexibility index (Phi) is 5.02. The standard InChI is InChI=1S/C18H13FN4O4/c19-13-3-5-14(6-4-13)20-17(24)11-22-18(25)10-9-16(21-22)12-1-7-15(8-2-12)23(26)27/h1-10H,11H2,(H,20,24). The van der Waals surface area contributed by atoms with Gasteiger partial charge in [-0.15, -0.1) is 0 Å². The molecular formula is C18H13FN4O4. The molecule has 27 heavy (non-hydrogen) atoms. The highest BCUT2D eigenvalue weighted by Crippen LogP contribution is 2.19. The number of nitro groups is 1. The van der Waals surface area contributed by atoms with E-state index in [0.717, 1.165) is 4.68 Å². The Bertz CT molecular complexity index is 1050. The van der Waals surface area contributed by atoms with Crippen molar-refractivity contribution in [2.75, 3.05) is 5.32 Å². The van der Waals surface area contributed by atoms with E-state index in [9.17, 15) is 24.1 Å². The van der Waals surface area contributed by atoms with Crippen molar-refractivity contribution in [3.8, 4) is 11.3 Å². The van der Waals surface area contributed by atoms with Crippen LogP contribution in [-0.4, -0.2) is 20.6 Å². The zero-order chi connectivity index (χ0) is 19.4. The first-order chi connectivity index (χ1) is 12.9. The lowest BCUT2D eigenvalue weighted by molar-refractivity contribution is -0.384. The lowest BCUT2D eigenvalue weighted by atomic mass is 10.1. The van der Waals surface area contributed by atoms with Crippen molar-refractivity contribution >= 4 is 17.3 Å². The lowest BCUT2D eigenvalue weighted by Gasteiger charge is -2.08. The van der Waals surface area contributed by atoms with Crippen LogP contribution in [0.1, 0.15) is 0 Å². The summed E-state index contributed by atoms with van der Waals surface area (Å²) in [5, 5.41) is 17.4. The molecule has 136 valence electrons. The number of halogens is 1. The van der Waals surface area contributed by atoms with Crippen molar-refractivity contribution in [1.82, 2.24) is 9.78 Å². The largest absolute Gasteiger partial charge is 0.324 e. The molecule has 0 spiro atoms. The number of non-ortho nitro benzene ring substituents is 1. The minimum absolute atomic E-state index is 0.0641. The van der Waals surface area contributed by atoms with Gasteiger partial charge in [-0.3, -0.25) is 19.7 Å². The van der Waals surface area contributed by atoms with E-state index in [4.69, 9.17) is 0 Å². The Morgan fingerprint density at radius 3 is 2.37 bits per heavy atom. The average Bonchev–Trinajstić information content (AvgIpc) is 2.65. The molecule has 9 heteroatoms. The summed E-state index contributed by atoms with van der Waals surface area (Å²) in [6, 6.07) is 13.6. The van der Waals surface area contributed by atoms with Gasteiger partial charge in [0.1, 0.15) is 12.4 Å². The second-order valence-corrected chi connectivity index (χ2v) is 5.57. The second kappa shape index (κ2) is 7.56. The van der Waals surface area contributed by atoms with E-state index < -0.39 is 22.2 Å². The fourth-order valence-electron chi connectivity index (χ4n) is 2.34. The number of amides is 1. The number of hydrogen-bond acceptors (Lipinski definition) is 5. The Labute approximate surface area is 152 Å². The molecule has 1 heterocycles. The maximum atomic E-state index is 12.9. The second-order valence-electron chi connectivity index (χ2n) is 5.57. The van der Waals surface area contributed by atoms with Gasteiger partial charge in [0.25, 0.3) is 11.2 Å². The molecule has 1 aromatic heterocycles. The first kappa shape index (κ1) is 17.9. The monoisotopic (exact) mass is 368 g/mol. The first-order valence-electron chi connectivity index (χ1n) is 7.81. The van der Waals surface area contributed by atoms with E-state index in [1.165, 1.54) is 60.7 Å². The molecule has 3 aromatic rings. The maximum absolute atomic E-state index is 12.9. The van der Waals surface area contributed by atoms with Gasteiger partial charge >= 0.3 is 0 Å². The third-order valence-corrected chi connectivity index (χ3v) is 3.66. The number of anilines is 1. The number of nitro benzene ring substituents is 1. The third-order valence-electron chi connectivity index (χ3n) is 3.66. The van der Waals surface area contributed by atoms with E-state index in [0.29, 0.717) is 16.9 Å². The fraction of sp³-hybridized carbons (Fsp3) is 0.0556. The van der Waals surface area contributed by atoms with Gasteiger partial charge in [0.2, 0.25) is 5.91 Å². The van der Waals surface area contributed by atoms with Crippen LogP contribution < -0.4 is 10.9 Å². The molecule has 8 nitrogen and oxygen atoms in total. The van der Waals surface area contributed by atoms with Gasteiger partial charge in [-0.1, -0.05) is 0 Å². The molecule has 1 N–H and O–H groups in total. The lowest BCUT2D eigenvalue weighted by Crippen LogP contribution is -2.29. The summed E-state index contributed by atoms with van der Waals surface area (Å²) in [5.41, 5.74) is 0.800. The van der Waals surface area contributed by atoms with Gasteiger partial charge in [0, 0.05) is 29.4 Å². The Hall–Kier alpha value is -3.88. The summed E-state index contributed by atoms with van der Waals surface area (Å²) < 4.78 is 13.9. The van der Waals surface area contributed by atoms with Gasteiger partial charge in [0.05, 0.1) is 10.6 Å². The summed E-state index contributed by atoms with van der Waals surface area (Å²) in [5.74, 6) is -0.932. The van der Waals surface area contributed by atoms with Crippen LogP contribution in [0.5, 0.6) is 0 Å². The van der Waals surface area contributed by atoms with Crippen molar-refractivity contribution in [2.45, 2.75) is 6.54 Å². The van der Waals surface area contributed by atoms with Crippen molar-refractivity contribution in [3.05, 3.63) is 86.9 Å². The number of hydrogen-bond donors (Lipinski definition) is 1. The van der Waals surface area contributed by atoms with Crippen LogP contribution in [0.15, 0.2) is 65.5 Å². The third kappa shape index (κ3) is 4.40. The van der Waals surface area contributed by atoms with Crippen LogP contribution >= 0.6 is 0 Å². The van der Waals surface area contributed by atoms with Crippen LogP contribution in [0.2, 0.25) is 0 Å². The highest BCUT2D eigenvalue weighted by atomic mass is 19.1. The molecule has 0 aliphatic heterocycles. The molecule has 0 saturated carbocycles. The summed E-state index contributed by atoms with van der Waals surface area (Å²) in [6.45, 7) is -0.336. The molecule has 3 rings (SSSR count). The maximum Gasteiger partial charge on any atom is 0.269 e. The molecule has 0 aliphatic rings. The number of nitrogens with zero attached hydrogens (tertiary/aromatic N) is 3. The van der Waals surface area contributed by atoms with Crippen LogP contribution in [0.25, 0.3) is 11.3 Å². The average molecular weight is 368 g/mol. The van der Waals surface area contributed by atoms with Crippen molar-refractivity contribution in [2.24, 2.45) is 0 Å². The van der Waals surface area contributed by atoms with Gasteiger partial charge in [0.15, 0.2) is 0 Å². The van der Waals surface area contributed by atoms with Gasteiger partial charge in [-0.25, -0.2) is 9.07 Å². The van der Waals surface area contributed by atoms with Crippen LogP contribution in [-0.2, 0) is 11.3 Å². The molecule has 0 atom stereocenters. The Morgan fingerprint density at radius 2 is 1.74 bits per heavy atom. The normalized spacial score (nSPS) is 10.4. The molecular weight excluding hydrogens is 355 g/mol. The molecule has 0 bridgehead atoms. The van der Waals surface area contributed by atoms with E-state index in [2.05, 4.69) is 10.4 Å². The summed E-state index contributed by atoms with van der Waals surface area (Å²) in [7, 11) is 0. The van der Waals surface area contributed by atoms with E-state index in [1.807, 2.05) is 0 Å². The molecule has 0 aliphatic carbocycles. The van der Waals surface area contributed by atoms with Crippen molar-refractivity contribution in [3.63, 3.8) is 0 Å². The highest BCUT2D eigenvalue weighted by Gasteiger charge is 2.10. The zero-order valence-electron chi connectivity index (χ0n) is 13.8. The Morgan fingerprint density at radius 1 is 1.07 bits per heavy atom. The zero-order valence-corrected chi connectivity index (χ0v) is 13.8. The smallest absolute Gasteiger partial charge is 0.269 e. The topological polar surface area (TPSA) is 107 Å². The minimum Gasteiger partial charge on any atom is -0.324 e. The molecule has 1 amide bonds. The van der Waals surface area contributed by atoms with E-state index >= 15 is 0 Å². The molecule has 2 aromatic carbocycles. The Balaban J connectivity index is 1.78. The number of nitrogens with one attached hydrogen (secondary N) is 1. The number of carbonyl (C=O) groups excluding carboxylic acids is 1. The van der Waals surface area contributed by atoms with Gasteiger partial charge in [-0.05, 0) is 42.5 Å². The van der Waals surface area contributed by atoms with Crippen LogP contribution in [0.3, 0.4) is 0 Å². The number of benzene rings is 2. The van der Waals surface area contributed by atoms with Crippen LogP contribution in [0.4, 0.5) is 15.8 Å². The summed E-state index contributed by atoms with van der Waals surface area (Å²) in [4.78, 5) is 34.3. The van der Waals surface area contributed by atoms with Crippen molar-refractivity contribution in [1.29, 1.82) is 0 Å². The molecule has 0 unspecified atom stereocenters. The number of aromatic nitrogens is 2. The molecule has 0 fully saturated rings. The van der Waals surface area contributed by atoms with E-state index in [-0.39, 0.29) is 12.2 Å². The quantitative estimate of drug-likeness (QED) is 0.550.